The van der Waals surface area contributed by atoms with Gasteiger partial charge in [0, 0.05) is 48.0 Å². The summed E-state index contributed by atoms with van der Waals surface area (Å²) in [6, 6.07) is 51.5. The van der Waals surface area contributed by atoms with E-state index in [2.05, 4.69) is 163 Å². The summed E-state index contributed by atoms with van der Waals surface area (Å²) in [5, 5.41) is 0. The van der Waals surface area contributed by atoms with Crippen LogP contribution in [0.2, 0.25) is 0 Å². The quantitative estimate of drug-likeness (QED) is 0.185. The maximum absolute atomic E-state index is 6.17. The van der Waals surface area contributed by atoms with Crippen molar-refractivity contribution in [1.82, 2.24) is 0 Å². The molecule has 0 atom stereocenters. The molecule has 0 aromatic heterocycles. The first-order chi connectivity index (χ1) is 21.8. The molecule has 6 aromatic rings. The monoisotopic (exact) mass is 588 g/mol. The molecular weight excluding hydrogens is 552 g/mol. The number of rotatable bonds is 7. The predicted octanol–water partition coefficient (Wildman–Crippen LogP) is 11.4. The third kappa shape index (κ3) is 5.87. The standard InChI is InChI=1S/C41H36N2O2/c1-29-15-20-35(21-16-29)43(36-22-17-30(2)18-23-36)38-26-32(31-19-24-39-40(27-31)45-41(3,4)44-39)25-37(28-38)42(33-11-7-5-8-12-33)34-13-9-6-10-14-34/h5-28H,1-4H3. The maximum atomic E-state index is 6.17. The Labute approximate surface area is 265 Å². The molecule has 0 N–H and O–H groups in total. The first-order valence-electron chi connectivity index (χ1n) is 15.3. The Morgan fingerprint density at radius 3 is 1.33 bits per heavy atom. The second kappa shape index (κ2) is 11.5. The molecule has 0 spiro atoms. The largest absolute Gasteiger partial charge is 0.449 e. The van der Waals surface area contributed by atoms with Gasteiger partial charge >= 0.3 is 0 Å². The summed E-state index contributed by atoms with van der Waals surface area (Å²) in [6.07, 6.45) is 0. The summed E-state index contributed by atoms with van der Waals surface area (Å²) in [6.45, 7) is 8.11. The van der Waals surface area contributed by atoms with Crippen LogP contribution in [0.4, 0.5) is 34.1 Å². The van der Waals surface area contributed by atoms with E-state index in [4.69, 9.17) is 9.47 Å². The van der Waals surface area contributed by atoms with Gasteiger partial charge in [0.1, 0.15) is 0 Å². The number of hydrogen-bond acceptors (Lipinski definition) is 4. The fourth-order valence-electron chi connectivity index (χ4n) is 5.86. The third-order valence-electron chi connectivity index (χ3n) is 8.02. The predicted molar refractivity (Wildman–Crippen MR) is 186 cm³/mol. The number of para-hydroxylation sites is 2. The molecule has 0 saturated carbocycles. The lowest BCUT2D eigenvalue weighted by Gasteiger charge is -2.30. The smallest absolute Gasteiger partial charge is 0.246 e. The van der Waals surface area contributed by atoms with Crippen molar-refractivity contribution in [2.75, 3.05) is 9.80 Å². The average Bonchev–Trinajstić information content (AvgIpc) is 3.37. The molecule has 222 valence electrons. The summed E-state index contributed by atoms with van der Waals surface area (Å²) >= 11 is 0. The fraction of sp³-hybridized carbons (Fsp3) is 0.122. The van der Waals surface area contributed by atoms with Gasteiger partial charge in [0.2, 0.25) is 5.79 Å². The van der Waals surface area contributed by atoms with Crippen LogP contribution in [0.3, 0.4) is 0 Å². The molecule has 0 saturated heterocycles. The molecule has 6 aromatic carbocycles. The SMILES string of the molecule is Cc1ccc(N(c2ccc(C)cc2)c2cc(-c3ccc4c(c3)OC(C)(C)O4)cc(N(c3ccccc3)c3ccccc3)c2)cc1. The number of nitrogens with zero attached hydrogens (tertiary/aromatic N) is 2. The highest BCUT2D eigenvalue weighted by molar-refractivity contribution is 5.87. The Hall–Kier alpha value is -5.48. The molecule has 1 aliphatic rings. The van der Waals surface area contributed by atoms with Gasteiger partial charge in [-0.05, 0) is 104 Å². The van der Waals surface area contributed by atoms with Gasteiger partial charge in [-0.15, -0.1) is 0 Å². The van der Waals surface area contributed by atoms with Crippen molar-refractivity contribution in [3.05, 3.63) is 157 Å². The third-order valence-corrected chi connectivity index (χ3v) is 8.02. The van der Waals surface area contributed by atoms with E-state index in [1.807, 2.05) is 19.9 Å². The number of anilines is 6. The lowest BCUT2D eigenvalue weighted by molar-refractivity contribution is -0.0431. The second-order valence-corrected chi connectivity index (χ2v) is 12.0. The highest BCUT2D eigenvalue weighted by Gasteiger charge is 2.32. The number of fused-ring (bicyclic) bond motifs is 1. The second-order valence-electron chi connectivity index (χ2n) is 12.0. The molecule has 4 nitrogen and oxygen atoms in total. The minimum absolute atomic E-state index is 0.695. The minimum atomic E-state index is -0.695. The van der Waals surface area contributed by atoms with Gasteiger partial charge in [-0.25, -0.2) is 0 Å². The van der Waals surface area contributed by atoms with E-state index in [-0.39, 0.29) is 0 Å². The molecule has 0 bridgehead atoms. The summed E-state index contributed by atoms with van der Waals surface area (Å²) in [5.74, 6) is 0.816. The van der Waals surface area contributed by atoms with E-state index in [1.165, 1.54) is 11.1 Å². The van der Waals surface area contributed by atoms with Crippen LogP contribution in [0.15, 0.2) is 146 Å². The zero-order valence-electron chi connectivity index (χ0n) is 26.1. The van der Waals surface area contributed by atoms with Gasteiger partial charge in [0.25, 0.3) is 0 Å². The topological polar surface area (TPSA) is 24.9 Å². The Bertz CT molecular complexity index is 1850. The van der Waals surface area contributed by atoms with Gasteiger partial charge in [-0.3, -0.25) is 0 Å². The Kier molecular flexibility index (Phi) is 7.26. The van der Waals surface area contributed by atoms with Gasteiger partial charge in [-0.2, -0.15) is 0 Å². The first-order valence-corrected chi connectivity index (χ1v) is 15.3. The van der Waals surface area contributed by atoms with E-state index in [9.17, 15) is 0 Å². The molecule has 0 radical (unpaired) electrons. The first kappa shape index (κ1) is 28.3. The van der Waals surface area contributed by atoms with Crippen LogP contribution in [0, 0.1) is 13.8 Å². The molecule has 7 rings (SSSR count). The fourth-order valence-corrected chi connectivity index (χ4v) is 5.86. The molecule has 45 heavy (non-hydrogen) atoms. The van der Waals surface area contributed by atoms with Crippen LogP contribution in [0.1, 0.15) is 25.0 Å². The van der Waals surface area contributed by atoms with Crippen molar-refractivity contribution in [1.29, 1.82) is 0 Å². The van der Waals surface area contributed by atoms with Gasteiger partial charge in [0.05, 0.1) is 0 Å². The van der Waals surface area contributed by atoms with Crippen LogP contribution in [-0.4, -0.2) is 5.79 Å². The van der Waals surface area contributed by atoms with Gasteiger partial charge < -0.3 is 19.3 Å². The van der Waals surface area contributed by atoms with Crippen molar-refractivity contribution in [2.24, 2.45) is 0 Å². The van der Waals surface area contributed by atoms with E-state index in [0.717, 1.165) is 56.8 Å². The van der Waals surface area contributed by atoms with Gasteiger partial charge in [0.15, 0.2) is 11.5 Å². The molecular formula is C41H36N2O2. The summed E-state index contributed by atoms with van der Waals surface area (Å²) in [4.78, 5) is 4.64. The molecule has 4 heteroatoms. The van der Waals surface area contributed by atoms with Crippen LogP contribution in [-0.2, 0) is 0 Å². The number of aryl methyl sites for hydroxylation is 2. The number of benzene rings is 6. The minimum Gasteiger partial charge on any atom is -0.449 e. The van der Waals surface area contributed by atoms with Crippen LogP contribution in [0.25, 0.3) is 11.1 Å². The zero-order chi connectivity index (χ0) is 31.0. The molecule has 1 aliphatic heterocycles. The maximum Gasteiger partial charge on any atom is 0.246 e. The van der Waals surface area contributed by atoms with E-state index in [1.54, 1.807) is 0 Å². The molecule has 0 amide bonds. The van der Waals surface area contributed by atoms with Gasteiger partial charge in [-0.1, -0.05) is 77.9 Å². The van der Waals surface area contributed by atoms with Crippen molar-refractivity contribution in [3.63, 3.8) is 0 Å². The van der Waals surface area contributed by atoms with Crippen molar-refractivity contribution in [3.8, 4) is 22.6 Å². The normalized spacial score (nSPS) is 13.0. The van der Waals surface area contributed by atoms with Crippen molar-refractivity contribution >= 4 is 34.1 Å². The van der Waals surface area contributed by atoms with Crippen LogP contribution in [0.5, 0.6) is 11.5 Å². The molecule has 0 aliphatic carbocycles. The summed E-state index contributed by atoms with van der Waals surface area (Å²) < 4.78 is 12.2. The Morgan fingerprint density at radius 2 is 0.844 bits per heavy atom. The summed E-state index contributed by atoms with van der Waals surface area (Å²) in [5.41, 5.74) is 11.0. The number of ether oxygens (including phenoxy) is 2. The molecule has 1 heterocycles. The van der Waals surface area contributed by atoms with Crippen LogP contribution < -0.4 is 19.3 Å². The molecule has 0 unspecified atom stereocenters. The van der Waals surface area contributed by atoms with Crippen molar-refractivity contribution in [2.45, 2.75) is 33.5 Å². The molecule has 0 fully saturated rings. The number of hydrogen-bond donors (Lipinski definition) is 0. The lowest BCUT2D eigenvalue weighted by atomic mass is 10.0. The lowest BCUT2D eigenvalue weighted by Crippen LogP contribution is -2.29. The summed E-state index contributed by atoms with van der Waals surface area (Å²) in [7, 11) is 0. The van der Waals surface area contributed by atoms with E-state index in [0.29, 0.717) is 0 Å². The highest BCUT2D eigenvalue weighted by atomic mass is 16.7. The Morgan fingerprint density at radius 1 is 0.400 bits per heavy atom. The van der Waals surface area contributed by atoms with E-state index < -0.39 is 5.79 Å². The van der Waals surface area contributed by atoms with Crippen LogP contribution >= 0.6 is 0 Å². The van der Waals surface area contributed by atoms with Crippen molar-refractivity contribution < 1.29 is 9.47 Å². The average molecular weight is 589 g/mol. The Balaban J connectivity index is 1.47. The van der Waals surface area contributed by atoms with E-state index >= 15 is 0 Å². The highest BCUT2D eigenvalue weighted by Crippen LogP contribution is 2.46. The zero-order valence-corrected chi connectivity index (χ0v) is 26.1.